The molecule has 1 aromatic rings. The van der Waals surface area contributed by atoms with E-state index in [4.69, 9.17) is 16.3 Å². The maximum Gasteiger partial charge on any atom is 0.315 e. The summed E-state index contributed by atoms with van der Waals surface area (Å²) in [6, 6.07) is 5.84. The van der Waals surface area contributed by atoms with Crippen LogP contribution in [-0.2, 0) is 0 Å². The van der Waals surface area contributed by atoms with E-state index in [0.717, 1.165) is 25.1 Å². The number of amides is 2. The fourth-order valence-corrected chi connectivity index (χ4v) is 3.71. The molecule has 0 saturated carbocycles. The van der Waals surface area contributed by atoms with Crippen molar-refractivity contribution in [2.24, 2.45) is 0 Å². The van der Waals surface area contributed by atoms with E-state index in [9.17, 15) is 4.79 Å². The third kappa shape index (κ3) is 4.14. The molecule has 2 heterocycles. The predicted octanol–water partition coefficient (Wildman–Crippen LogP) is 3.34. The largest absolute Gasteiger partial charge is 0.492 e. The molecule has 2 atom stereocenters. The number of urea groups is 1. The topological polar surface area (TPSA) is 53.6 Å². The highest BCUT2D eigenvalue weighted by atomic mass is 35.5. The van der Waals surface area contributed by atoms with Crippen molar-refractivity contribution in [1.82, 2.24) is 15.5 Å². The van der Waals surface area contributed by atoms with Gasteiger partial charge in [-0.05, 0) is 38.9 Å². The van der Waals surface area contributed by atoms with Crippen molar-refractivity contribution >= 4 is 17.6 Å². The first-order valence-corrected chi connectivity index (χ1v) is 9.22. The molecule has 0 bridgehead atoms. The average Bonchev–Trinajstić information content (AvgIpc) is 2.61. The van der Waals surface area contributed by atoms with E-state index in [1.807, 2.05) is 18.2 Å². The summed E-state index contributed by atoms with van der Waals surface area (Å²) in [6.45, 7) is 5.67. The predicted molar refractivity (Wildman–Crippen MR) is 95.7 cm³/mol. The van der Waals surface area contributed by atoms with Crippen molar-refractivity contribution < 1.29 is 9.53 Å². The van der Waals surface area contributed by atoms with E-state index >= 15 is 0 Å². The molecule has 3 rings (SSSR count). The van der Waals surface area contributed by atoms with E-state index in [2.05, 4.69) is 22.5 Å². The lowest BCUT2D eigenvalue weighted by Crippen LogP contribution is -2.47. The first-order valence-electron chi connectivity index (χ1n) is 8.85. The van der Waals surface area contributed by atoms with Gasteiger partial charge in [0.1, 0.15) is 5.75 Å². The van der Waals surface area contributed by atoms with Crippen molar-refractivity contribution in [3.63, 3.8) is 0 Å². The van der Waals surface area contributed by atoms with Gasteiger partial charge >= 0.3 is 6.03 Å². The molecule has 0 aromatic heterocycles. The Morgan fingerprint density at radius 3 is 2.96 bits per heavy atom. The van der Waals surface area contributed by atoms with Gasteiger partial charge in [0.05, 0.1) is 17.7 Å². The summed E-state index contributed by atoms with van der Waals surface area (Å²) in [5.74, 6) is 0.692. The number of nitrogens with zero attached hydrogens (tertiary/aromatic N) is 1. The Kier molecular flexibility index (Phi) is 5.85. The summed E-state index contributed by atoms with van der Waals surface area (Å²) in [5, 5.41) is 6.66. The number of nitrogens with one attached hydrogen (secondary N) is 2. The lowest BCUT2D eigenvalue weighted by molar-refractivity contribution is 0.169. The van der Waals surface area contributed by atoms with Crippen LogP contribution in [0.15, 0.2) is 18.2 Å². The monoisotopic (exact) mass is 351 g/mol. The Morgan fingerprint density at radius 1 is 1.38 bits per heavy atom. The van der Waals surface area contributed by atoms with Crippen LogP contribution in [0.25, 0.3) is 0 Å². The number of benzene rings is 1. The number of ether oxygens (including phenoxy) is 1. The van der Waals surface area contributed by atoms with Crippen molar-refractivity contribution in [3.8, 4) is 5.75 Å². The van der Waals surface area contributed by atoms with Crippen LogP contribution in [0.1, 0.15) is 44.2 Å². The number of fused-ring (bicyclic) bond motifs is 1. The van der Waals surface area contributed by atoms with Crippen LogP contribution in [-0.4, -0.2) is 43.2 Å². The number of para-hydroxylation sites is 1. The van der Waals surface area contributed by atoms with Gasteiger partial charge in [-0.2, -0.15) is 0 Å². The van der Waals surface area contributed by atoms with E-state index in [1.165, 1.54) is 19.3 Å². The lowest BCUT2D eigenvalue weighted by Gasteiger charge is -2.32. The highest BCUT2D eigenvalue weighted by Crippen LogP contribution is 2.37. The average molecular weight is 352 g/mol. The number of likely N-dealkylation sites (tertiary alicyclic amines) is 1. The standard InChI is InChI=1S/C18H26ClN3O2/c1-13(22-9-3-2-4-10-22)12-20-18(23)21-16-8-11-24-17-14(16)6-5-7-15(17)19/h5-7,13,16H,2-4,8-12H2,1H3,(H2,20,21,23)/t13-,16-/m1/s1. The first-order chi connectivity index (χ1) is 11.6. The molecular formula is C18H26ClN3O2. The molecular weight excluding hydrogens is 326 g/mol. The minimum absolute atomic E-state index is 0.0576. The second kappa shape index (κ2) is 8.08. The van der Waals surface area contributed by atoms with Crippen LogP contribution in [0, 0.1) is 0 Å². The summed E-state index contributed by atoms with van der Waals surface area (Å²) in [4.78, 5) is 14.7. The zero-order valence-electron chi connectivity index (χ0n) is 14.2. The smallest absolute Gasteiger partial charge is 0.315 e. The molecule has 132 valence electrons. The Morgan fingerprint density at radius 2 is 2.17 bits per heavy atom. The van der Waals surface area contributed by atoms with E-state index in [0.29, 0.717) is 30.0 Å². The van der Waals surface area contributed by atoms with Gasteiger partial charge in [0.2, 0.25) is 0 Å². The maximum absolute atomic E-state index is 12.3. The zero-order chi connectivity index (χ0) is 16.9. The molecule has 2 N–H and O–H groups in total. The van der Waals surface area contributed by atoms with Crippen LogP contribution in [0.4, 0.5) is 4.79 Å². The molecule has 2 aliphatic rings. The second-order valence-corrected chi connectivity index (χ2v) is 7.06. The Labute approximate surface area is 148 Å². The maximum atomic E-state index is 12.3. The summed E-state index contributed by atoms with van der Waals surface area (Å²) in [6.07, 6.45) is 4.59. The molecule has 0 unspecified atom stereocenters. The fraction of sp³-hybridized carbons (Fsp3) is 0.611. The molecule has 1 aromatic carbocycles. The van der Waals surface area contributed by atoms with Crippen LogP contribution < -0.4 is 15.4 Å². The molecule has 1 saturated heterocycles. The van der Waals surface area contributed by atoms with Gasteiger partial charge in [-0.15, -0.1) is 0 Å². The number of hydrogen-bond donors (Lipinski definition) is 2. The molecule has 0 aliphatic carbocycles. The number of carbonyl (C=O) groups is 1. The summed E-state index contributed by atoms with van der Waals surface area (Å²) >= 11 is 6.17. The highest BCUT2D eigenvalue weighted by Gasteiger charge is 2.25. The van der Waals surface area contributed by atoms with Gasteiger partial charge in [0.15, 0.2) is 0 Å². The van der Waals surface area contributed by atoms with Gasteiger partial charge in [0.25, 0.3) is 0 Å². The normalized spacial score (nSPS) is 22.2. The zero-order valence-corrected chi connectivity index (χ0v) is 14.9. The molecule has 0 radical (unpaired) electrons. The van der Waals surface area contributed by atoms with Crippen LogP contribution in [0.2, 0.25) is 5.02 Å². The molecule has 0 spiro atoms. The van der Waals surface area contributed by atoms with Gasteiger partial charge in [-0.1, -0.05) is 30.2 Å². The second-order valence-electron chi connectivity index (χ2n) is 6.65. The Balaban J connectivity index is 1.51. The quantitative estimate of drug-likeness (QED) is 0.874. The minimum atomic E-state index is -0.128. The van der Waals surface area contributed by atoms with Crippen molar-refractivity contribution in [3.05, 3.63) is 28.8 Å². The molecule has 24 heavy (non-hydrogen) atoms. The fourth-order valence-electron chi connectivity index (χ4n) is 3.47. The summed E-state index contributed by atoms with van der Waals surface area (Å²) in [5.41, 5.74) is 0.952. The SMILES string of the molecule is C[C@H](CNC(=O)N[C@@H]1CCOc2c(Cl)cccc21)N1CCCCC1. The van der Waals surface area contributed by atoms with Gasteiger partial charge in [0, 0.05) is 24.6 Å². The van der Waals surface area contributed by atoms with Gasteiger partial charge < -0.3 is 15.4 Å². The number of hydrogen-bond acceptors (Lipinski definition) is 3. The third-order valence-electron chi connectivity index (χ3n) is 4.90. The Hall–Kier alpha value is -1.46. The van der Waals surface area contributed by atoms with Crippen LogP contribution in [0.5, 0.6) is 5.75 Å². The number of halogens is 1. The molecule has 2 amide bonds. The minimum Gasteiger partial charge on any atom is -0.492 e. The molecule has 5 nitrogen and oxygen atoms in total. The number of piperidine rings is 1. The summed E-state index contributed by atoms with van der Waals surface area (Å²) in [7, 11) is 0. The molecule has 2 aliphatic heterocycles. The van der Waals surface area contributed by atoms with Crippen molar-refractivity contribution in [1.29, 1.82) is 0 Å². The van der Waals surface area contributed by atoms with Gasteiger partial charge in [-0.3, -0.25) is 4.90 Å². The molecule has 6 heteroatoms. The first kappa shape index (κ1) is 17.4. The lowest BCUT2D eigenvalue weighted by atomic mass is 10.0. The number of carbonyl (C=O) groups excluding carboxylic acids is 1. The highest BCUT2D eigenvalue weighted by molar-refractivity contribution is 6.32. The van der Waals surface area contributed by atoms with Gasteiger partial charge in [-0.25, -0.2) is 4.79 Å². The van der Waals surface area contributed by atoms with Crippen molar-refractivity contribution in [2.75, 3.05) is 26.2 Å². The third-order valence-corrected chi connectivity index (χ3v) is 5.20. The Bertz CT molecular complexity index is 575. The molecule has 1 fully saturated rings. The van der Waals surface area contributed by atoms with Crippen LogP contribution >= 0.6 is 11.6 Å². The van der Waals surface area contributed by atoms with E-state index < -0.39 is 0 Å². The summed E-state index contributed by atoms with van der Waals surface area (Å²) < 4.78 is 5.63. The van der Waals surface area contributed by atoms with E-state index in [-0.39, 0.29) is 12.1 Å². The van der Waals surface area contributed by atoms with E-state index in [1.54, 1.807) is 0 Å². The van der Waals surface area contributed by atoms with Crippen LogP contribution in [0.3, 0.4) is 0 Å². The number of rotatable bonds is 4. The van der Waals surface area contributed by atoms with Crippen molar-refractivity contribution in [2.45, 2.75) is 44.7 Å².